The fraction of sp³-hybridized carbons (Fsp3) is 0.0526. The number of anilines is 1. The van der Waals surface area contributed by atoms with Crippen LogP contribution in [-0.4, -0.2) is 24.7 Å². The van der Waals surface area contributed by atoms with E-state index in [4.69, 9.17) is 10.7 Å². The van der Waals surface area contributed by atoms with Crippen molar-refractivity contribution in [1.29, 1.82) is 0 Å². The van der Waals surface area contributed by atoms with Gasteiger partial charge in [0.2, 0.25) is 5.13 Å². The Balaban J connectivity index is 1.53. The molecule has 0 saturated heterocycles. The number of fused-ring (bicyclic) bond motifs is 1. The van der Waals surface area contributed by atoms with Gasteiger partial charge in [-0.2, -0.15) is 0 Å². The van der Waals surface area contributed by atoms with E-state index in [0.29, 0.717) is 5.13 Å². The van der Waals surface area contributed by atoms with Crippen LogP contribution in [-0.2, 0) is 6.54 Å². The summed E-state index contributed by atoms with van der Waals surface area (Å²) in [6.45, 7) is 0.728. The van der Waals surface area contributed by atoms with Crippen LogP contribution in [0.2, 0.25) is 0 Å². The Kier molecular flexibility index (Phi) is 3.92. The van der Waals surface area contributed by atoms with Gasteiger partial charge in [-0.05, 0) is 17.7 Å². The Morgan fingerprint density at radius 2 is 1.85 bits per heavy atom. The highest BCUT2D eigenvalue weighted by Crippen LogP contribution is 2.29. The lowest BCUT2D eigenvalue weighted by atomic mass is 10.1. The van der Waals surface area contributed by atoms with Crippen LogP contribution >= 0.6 is 22.7 Å². The Hall–Kier alpha value is -3.10. The molecule has 0 radical (unpaired) electrons. The quantitative estimate of drug-likeness (QED) is 0.494. The molecule has 3 heterocycles. The summed E-state index contributed by atoms with van der Waals surface area (Å²) in [7, 11) is 0. The number of hydrogen-bond acceptors (Lipinski definition) is 7. The number of benzene rings is 2. The lowest BCUT2D eigenvalue weighted by molar-refractivity contribution is 0.836. The van der Waals surface area contributed by atoms with Gasteiger partial charge in [0.15, 0.2) is 5.82 Å². The Morgan fingerprint density at radius 3 is 2.59 bits per heavy atom. The van der Waals surface area contributed by atoms with E-state index in [1.165, 1.54) is 16.9 Å². The third-order valence-electron chi connectivity index (χ3n) is 4.29. The van der Waals surface area contributed by atoms with E-state index in [-0.39, 0.29) is 0 Å². The predicted molar refractivity (Wildman–Crippen MR) is 110 cm³/mol. The second-order valence-electron chi connectivity index (χ2n) is 6.02. The molecule has 27 heavy (non-hydrogen) atoms. The van der Waals surface area contributed by atoms with Crippen molar-refractivity contribution in [3.05, 3.63) is 65.8 Å². The number of hydrogen-bond donors (Lipinski definition) is 1. The largest absolute Gasteiger partial charge is 0.374 e. The summed E-state index contributed by atoms with van der Waals surface area (Å²) in [6, 6.07) is 16.5. The maximum Gasteiger partial charge on any atom is 0.203 e. The number of nitrogens with two attached hydrogens (primary N) is 1. The smallest absolute Gasteiger partial charge is 0.203 e. The molecule has 0 atom stereocenters. The van der Waals surface area contributed by atoms with Crippen molar-refractivity contribution in [3.63, 3.8) is 0 Å². The first-order valence-corrected chi connectivity index (χ1v) is 10.00. The fourth-order valence-electron chi connectivity index (χ4n) is 3.04. The number of rotatable bonds is 4. The van der Waals surface area contributed by atoms with E-state index in [2.05, 4.69) is 50.1 Å². The molecular formula is C19H14N6S2. The van der Waals surface area contributed by atoms with Crippen LogP contribution in [0, 0.1) is 0 Å². The highest BCUT2D eigenvalue weighted by atomic mass is 32.1. The second-order valence-corrected chi connectivity index (χ2v) is 7.91. The maximum atomic E-state index is 5.68. The zero-order chi connectivity index (χ0) is 18.2. The molecule has 0 amide bonds. The maximum absolute atomic E-state index is 5.68. The molecule has 2 aromatic carbocycles. The molecule has 0 aliphatic rings. The average Bonchev–Trinajstić information content (AvgIpc) is 3.43. The van der Waals surface area contributed by atoms with Gasteiger partial charge >= 0.3 is 0 Å². The van der Waals surface area contributed by atoms with Crippen LogP contribution in [0.5, 0.6) is 0 Å². The standard InChI is InChI=1S/C19H14N6S2/c20-19-24-23-18(27-19)13-7-5-12(6-8-13)10-25-15-4-2-1-3-14(15)22-17(25)16-9-21-11-26-16/h1-9,11H,10H2,(H2,20,24). The Bertz CT molecular complexity index is 1200. The number of para-hydroxylation sites is 2. The molecule has 0 aliphatic carbocycles. The summed E-state index contributed by atoms with van der Waals surface area (Å²) in [5.41, 5.74) is 11.8. The van der Waals surface area contributed by atoms with Crippen molar-refractivity contribution in [2.75, 3.05) is 5.73 Å². The van der Waals surface area contributed by atoms with Gasteiger partial charge in [0, 0.05) is 18.3 Å². The Morgan fingerprint density at radius 1 is 1.00 bits per heavy atom. The van der Waals surface area contributed by atoms with E-state index < -0.39 is 0 Å². The van der Waals surface area contributed by atoms with Gasteiger partial charge in [0.1, 0.15) is 5.01 Å². The third-order valence-corrected chi connectivity index (χ3v) is 5.86. The van der Waals surface area contributed by atoms with Crippen molar-refractivity contribution in [3.8, 4) is 21.3 Å². The zero-order valence-electron chi connectivity index (χ0n) is 14.1. The van der Waals surface area contributed by atoms with Crippen LogP contribution in [0.1, 0.15) is 5.56 Å². The monoisotopic (exact) mass is 390 g/mol. The molecule has 0 saturated carbocycles. The fourth-order valence-corrected chi connectivity index (χ4v) is 4.27. The highest BCUT2D eigenvalue weighted by Gasteiger charge is 2.14. The van der Waals surface area contributed by atoms with Crippen LogP contribution in [0.3, 0.4) is 0 Å². The van der Waals surface area contributed by atoms with E-state index in [9.17, 15) is 0 Å². The minimum atomic E-state index is 0.480. The molecule has 5 aromatic rings. The average molecular weight is 390 g/mol. The number of aromatic nitrogens is 5. The van der Waals surface area contributed by atoms with Gasteiger partial charge in [-0.25, -0.2) is 4.98 Å². The van der Waals surface area contributed by atoms with Crippen molar-refractivity contribution < 1.29 is 0 Å². The van der Waals surface area contributed by atoms with Crippen LogP contribution in [0.25, 0.3) is 32.3 Å². The molecule has 6 nitrogen and oxygen atoms in total. The lowest BCUT2D eigenvalue weighted by Gasteiger charge is -2.09. The topological polar surface area (TPSA) is 82.5 Å². The zero-order valence-corrected chi connectivity index (χ0v) is 15.7. The summed E-state index contributed by atoms with van der Waals surface area (Å²) < 4.78 is 2.24. The van der Waals surface area contributed by atoms with Crippen LogP contribution < -0.4 is 5.73 Å². The summed E-state index contributed by atoms with van der Waals surface area (Å²) >= 11 is 2.99. The Labute approximate surface area is 163 Å². The minimum absolute atomic E-state index is 0.480. The molecule has 2 N–H and O–H groups in total. The van der Waals surface area contributed by atoms with Crippen molar-refractivity contribution >= 4 is 38.8 Å². The van der Waals surface area contributed by atoms with Gasteiger partial charge in [-0.3, -0.25) is 4.98 Å². The number of nitrogen functional groups attached to an aromatic ring is 1. The van der Waals surface area contributed by atoms with Gasteiger partial charge in [0.05, 0.1) is 21.4 Å². The van der Waals surface area contributed by atoms with E-state index in [0.717, 1.165) is 38.9 Å². The lowest BCUT2D eigenvalue weighted by Crippen LogP contribution is -2.01. The van der Waals surface area contributed by atoms with Crippen molar-refractivity contribution in [1.82, 2.24) is 24.7 Å². The predicted octanol–water partition coefficient (Wildman–Crippen LogP) is 4.31. The summed E-state index contributed by atoms with van der Waals surface area (Å²) in [5.74, 6) is 0.944. The third kappa shape index (κ3) is 2.98. The van der Waals surface area contributed by atoms with Gasteiger partial charge in [-0.15, -0.1) is 21.5 Å². The molecule has 0 aliphatic heterocycles. The summed E-state index contributed by atoms with van der Waals surface area (Å²) in [5, 5.41) is 9.29. The van der Waals surface area contributed by atoms with Crippen LogP contribution in [0.15, 0.2) is 60.2 Å². The molecule has 0 unspecified atom stereocenters. The first-order chi connectivity index (χ1) is 13.3. The molecule has 8 heteroatoms. The number of thiazole rings is 1. The van der Waals surface area contributed by atoms with Gasteiger partial charge in [-0.1, -0.05) is 47.7 Å². The van der Waals surface area contributed by atoms with Gasteiger partial charge < -0.3 is 10.3 Å². The highest BCUT2D eigenvalue weighted by molar-refractivity contribution is 7.18. The SMILES string of the molecule is Nc1nnc(-c2ccc(Cn3c(-c4cncs4)nc4ccccc43)cc2)s1. The van der Waals surface area contributed by atoms with Crippen LogP contribution in [0.4, 0.5) is 5.13 Å². The van der Waals surface area contributed by atoms with Crippen molar-refractivity contribution in [2.45, 2.75) is 6.54 Å². The first-order valence-electron chi connectivity index (χ1n) is 8.30. The first kappa shape index (κ1) is 16.1. The van der Waals surface area contributed by atoms with E-state index in [1.54, 1.807) is 11.3 Å². The molecule has 3 aromatic heterocycles. The molecule has 0 spiro atoms. The summed E-state index contributed by atoms with van der Waals surface area (Å²) in [4.78, 5) is 10.1. The van der Waals surface area contributed by atoms with Gasteiger partial charge in [0.25, 0.3) is 0 Å². The van der Waals surface area contributed by atoms with E-state index in [1.807, 2.05) is 29.9 Å². The van der Waals surface area contributed by atoms with Crippen molar-refractivity contribution in [2.24, 2.45) is 0 Å². The minimum Gasteiger partial charge on any atom is -0.374 e. The number of nitrogens with zero attached hydrogens (tertiary/aromatic N) is 5. The normalized spacial score (nSPS) is 11.3. The molecular weight excluding hydrogens is 376 g/mol. The summed E-state index contributed by atoms with van der Waals surface area (Å²) in [6.07, 6.45) is 1.87. The number of imidazole rings is 1. The molecule has 0 fully saturated rings. The van der Waals surface area contributed by atoms with E-state index >= 15 is 0 Å². The molecule has 132 valence electrons. The second kappa shape index (κ2) is 6.57. The molecule has 0 bridgehead atoms. The molecule has 5 rings (SSSR count).